The lowest BCUT2D eigenvalue weighted by molar-refractivity contribution is -0.133. The van der Waals surface area contributed by atoms with Crippen molar-refractivity contribution < 1.29 is 13.9 Å². The maximum absolute atomic E-state index is 12.3. The predicted octanol–water partition coefficient (Wildman–Crippen LogP) is 1.67. The molecule has 128 valence electrons. The molecule has 1 aliphatic heterocycles. The van der Waals surface area contributed by atoms with Crippen LogP contribution < -0.4 is 9.64 Å². The smallest absolute Gasteiger partial charge is 0.318 e. The van der Waals surface area contributed by atoms with Gasteiger partial charge >= 0.3 is 6.01 Å². The molecule has 1 fully saturated rings. The Kier molecular flexibility index (Phi) is 4.98. The number of piperazine rings is 1. The Balaban J connectivity index is 1.47. The van der Waals surface area contributed by atoms with Crippen LogP contribution in [-0.2, 0) is 11.2 Å². The van der Waals surface area contributed by atoms with Crippen LogP contribution in [0.4, 0.5) is 6.01 Å². The number of amides is 1. The van der Waals surface area contributed by atoms with Crippen LogP contribution >= 0.6 is 0 Å². The van der Waals surface area contributed by atoms with E-state index in [2.05, 4.69) is 10.2 Å². The van der Waals surface area contributed by atoms with E-state index in [4.69, 9.17) is 9.15 Å². The predicted molar refractivity (Wildman–Crippen MR) is 89.1 cm³/mol. The van der Waals surface area contributed by atoms with Crippen LogP contribution in [0.1, 0.15) is 18.4 Å². The summed E-state index contributed by atoms with van der Waals surface area (Å²) in [4.78, 5) is 16.1. The first-order valence-electron chi connectivity index (χ1n) is 8.20. The summed E-state index contributed by atoms with van der Waals surface area (Å²) in [6.45, 7) is 6.66. The average molecular weight is 330 g/mol. The topological polar surface area (TPSA) is 71.7 Å². The van der Waals surface area contributed by atoms with Gasteiger partial charge < -0.3 is 19.0 Å². The highest BCUT2D eigenvalue weighted by Crippen LogP contribution is 2.16. The van der Waals surface area contributed by atoms with Crippen molar-refractivity contribution in [3.63, 3.8) is 0 Å². The second kappa shape index (κ2) is 7.33. The molecule has 1 aromatic carbocycles. The molecule has 7 heteroatoms. The zero-order valence-electron chi connectivity index (χ0n) is 14.1. The molecule has 3 rings (SSSR count). The van der Waals surface area contributed by atoms with Gasteiger partial charge in [-0.2, -0.15) is 0 Å². The second-order valence-electron chi connectivity index (χ2n) is 5.80. The number of hydrogen-bond donors (Lipinski definition) is 0. The fourth-order valence-corrected chi connectivity index (χ4v) is 2.53. The van der Waals surface area contributed by atoms with Crippen molar-refractivity contribution in [3.8, 4) is 5.75 Å². The van der Waals surface area contributed by atoms with E-state index in [1.807, 2.05) is 47.9 Å². The highest BCUT2D eigenvalue weighted by atomic mass is 16.5. The highest BCUT2D eigenvalue weighted by Gasteiger charge is 2.24. The van der Waals surface area contributed by atoms with Crippen LogP contribution in [0.2, 0.25) is 0 Å². The van der Waals surface area contributed by atoms with Crippen molar-refractivity contribution >= 4 is 11.9 Å². The highest BCUT2D eigenvalue weighted by molar-refractivity contribution is 5.78. The van der Waals surface area contributed by atoms with E-state index >= 15 is 0 Å². The first-order chi connectivity index (χ1) is 11.7. The summed E-state index contributed by atoms with van der Waals surface area (Å²) in [5, 5.41) is 8.02. The van der Waals surface area contributed by atoms with Crippen LogP contribution in [0.5, 0.6) is 5.75 Å². The molecular weight excluding hydrogens is 308 g/mol. The Morgan fingerprint density at radius 2 is 1.88 bits per heavy atom. The largest absolute Gasteiger partial charge is 0.484 e. The molecule has 1 aromatic heterocycles. The van der Waals surface area contributed by atoms with Gasteiger partial charge in [0, 0.05) is 32.6 Å². The molecular formula is C17H22N4O3. The summed E-state index contributed by atoms with van der Waals surface area (Å²) in [6, 6.07) is 8.22. The van der Waals surface area contributed by atoms with Gasteiger partial charge in [0.1, 0.15) is 5.75 Å². The Morgan fingerprint density at radius 3 is 2.50 bits per heavy atom. The number of carbonyl (C=O) groups is 1. The number of anilines is 1. The molecule has 2 aromatic rings. The Labute approximate surface area is 141 Å². The second-order valence-corrected chi connectivity index (χ2v) is 5.80. The molecule has 0 unspecified atom stereocenters. The first-order valence-corrected chi connectivity index (χ1v) is 8.20. The zero-order chi connectivity index (χ0) is 16.9. The number of aryl methyl sites for hydroxylation is 2. The summed E-state index contributed by atoms with van der Waals surface area (Å²) in [7, 11) is 0. The molecule has 1 amide bonds. The van der Waals surface area contributed by atoms with Crippen molar-refractivity contribution in [2.75, 3.05) is 37.7 Å². The monoisotopic (exact) mass is 330 g/mol. The van der Waals surface area contributed by atoms with Gasteiger partial charge in [0.25, 0.3) is 5.91 Å². The van der Waals surface area contributed by atoms with Crippen LogP contribution in [0.15, 0.2) is 28.7 Å². The lowest BCUT2D eigenvalue weighted by Gasteiger charge is -2.33. The van der Waals surface area contributed by atoms with E-state index in [9.17, 15) is 4.79 Å². The van der Waals surface area contributed by atoms with E-state index in [0.717, 1.165) is 12.0 Å². The molecule has 0 spiro atoms. The molecule has 0 atom stereocenters. The molecule has 1 saturated heterocycles. The van der Waals surface area contributed by atoms with Gasteiger partial charge in [-0.3, -0.25) is 4.79 Å². The minimum absolute atomic E-state index is 0.00463. The number of ether oxygens (including phenoxy) is 1. The molecule has 0 aliphatic carbocycles. The van der Waals surface area contributed by atoms with Crippen LogP contribution in [0.3, 0.4) is 0 Å². The fourth-order valence-electron chi connectivity index (χ4n) is 2.53. The maximum Gasteiger partial charge on any atom is 0.318 e. The summed E-state index contributed by atoms with van der Waals surface area (Å²) in [5.41, 5.74) is 1.16. The standard InChI is InChI=1S/C17H22N4O3/c1-3-15-18-19-17(24-15)21-10-8-20(9-11-21)16(22)12-23-14-6-4-13(2)5-7-14/h4-7H,3,8-12H2,1-2H3. The van der Waals surface area contributed by atoms with Gasteiger partial charge in [-0.25, -0.2) is 0 Å². The zero-order valence-corrected chi connectivity index (χ0v) is 14.1. The lowest BCUT2D eigenvalue weighted by atomic mass is 10.2. The van der Waals surface area contributed by atoms with E-state index < -0.39 is 0 Å². The quantitative estimate of drug-likeness (QED) is 0.830. The van der Waals surface area contributed by atoms with Crippen molar-refractivity contribution in [2.45, 2.75) is 20.3 Å². The fraction of sp³-hybridized carbons (Fsp3) is 0.471. The van der Waals surface area contributed by atoms with Crippen molar-refractivity contribution in [1.29, 1.82) is 0 Å². The number of benzene rings is 1. The third-order valence-corrected chi connectivity index (χ3v) is 4.04. The van der Waals surface area contributed by atoms with Crippen LogP contribution in [0.25, 0.3) is 0 Å². The van der Waals surface area contributed by atoms with Crippen molar-refractivity contribution in [2.24, 2.45) is 0 Å². The lowest BCUT2D eigenvalue weighted by Crippen LogP contribution is -2.50. The number of rotatable bonds is 5. The van der Waals surface area contributed by atoms with E-state index in [1.54, 1.807) is 0 Å². The van der Waals surface area contributed by atoms with E-state index in [-0.39, 0.29) is 12.5 Å². The minimum atomic E-state index is -0.00463. The van der Waals surface area contributed by atoms with Crippen LogP contribution in [0, 0.1) is 6.92 Å². The van der Waals surface area contributed by atoms with Gasteiger partial charge in [0.05, 0.1) is 0 Å². The van der Waals surface area contributed by atoms with Crippen molar-refractivity contribution in [3.05, 3.63) is 35.7 Å². The Hall–Kier alpha value is -2.57. The van der Waals surface area contributed by atoms with Gasteiger partial charge in [-0.15, -0.1) is 5.10 Å². The van der Waals surface area contributed by atoms with Gasteiger partial charge in [0.2, 0.25) is 5.89 Å². The SMILES string of the molecule is CCc1nnc(N2CCN(C(=O)COc3ccc(C)cc3)CC2)o1. The Morgan fingerprint density at radius 1 is 1.17 bits per heavy atom. The minimum Gasteiger partial charge on any atom is -0.484 e. The summed E-state index contributed by atoms with van der Waals surface area (Å²) in [6.07, 6.45) is 0.724. The molecule has 0 N–H and O–H groups in total. The summed E-state index contributed by atoms with van der Waals surface area (Å²) in [5.74, 6) is 1.34. The van der Waals surface area contributed by atoms with E-state index in [0.29, 0.717) is 43.8 Å². The molecule has 0 bridgehead atoms. The molecule has 7 nitrogen and oxygen atoms in total. The third-order valence-electron chi connectivity index (χ3n) is 4.04. The molecule has 2 heterocycles. The number of carbonyl (C=O) groups excluding carboxylic acids is 1. The normalized spacial score (nSPS) is 14.8. The number of hydrogen-bond acceptors (Lipinski definition) is 6. The van der Waals surface area contributed by atoms with Crippen LogP contribution in [-0.4, -0.2) is 53.8 Å². The third kappa shape index (κ3) is 3.84. The van der Waals surface area contributed by atoms with E-state index in [1.165, 1.54) is 0 Å². The van der Waals surface area contributed by atoms with Gasteiger partial charge in [-0.05, 0) is 19.1 Å². The van der Waals surface area contributed by atoms with Crippen molar-refractivity contribution in [1.82, 2.24) is 15.1 Å². The Bertz CT molecular complexity index is 675. The number of nitrogens with zero attached hydrogens (tertiary/aromatic N) is 4. The van der Waals surface area contributed by atoms with Gasteiger partial charge in [0.15, 0.2) is 6.61 Å². The molecule has 0 radical (unpaired) electrons. The maximum atomic E-state index is 12.3. The molecule has 24 heavy (non-hydrogen) atoms. The summed E-state index contributed by atoms with van der Waals surface area (Å²) < 4.78 is 11.1. The molecule has 0 saturated carbocycles. The summed E-state index contributed by atoms with van der Waals surface area (Å²) >= 11 is 0. The molecule has 1 aliphatic rings. The van der Waals surface area contributed by atoms with Gasteiger partial charge in [-0.1, -0.05) is 29.7 Å². The first kappa shape index (κ1) is 16.3. The number of aromatic nitrogens is 2. The average Bonchev–Trinajstić information content (AvgIpc) is 3.10.